The number of amides is 3. The van der Waals surface area contributed by atoms with Gasteiger partial charge in [-0.2, -0.15) is 0 Å². The molecule has 1 aliphatic heterocycles. The van der Waals surface area contributed by atoms with Crippen LogP contribution in [0.25, 0.3) is 0 Å². The molecular formula is C28H41N3O3S. The van der Waals surface area contributed by atoms with Crippen molar-refractivity contribution in [1.29, 1.82) is 0 Å². The van der Waals surface area contributed by atoms with Crippen LogP contribution in [-0.4, -0.2) is 54.5 Å². The molecule has 2 unspecified atom stereocenters. The van der Waals surface area contributed by atoms with Gasteiger partial charge in [0.25, 0.3) is 0 Å². The quantitative estimate of drug-likeness (QED) is 0.422. The highest BCUT2D eigenvalue weighted by atomic mass is 32.1. The third-order valence-corrected chi connectivity index (χ3v) is 7.73. The number of benzene rings is 1. The summed E-state index contributed by atoms with van der Waals surface area (Å²) in [6, 6.07) is 10.00. The zero-order chi connectivity index (χ0) is 25.4. The van der Waals surface area contributed by atoms with Crippen LogP contribution in [0.4, 0.5) is 4.79 Å². The lowest BCUT2D eigenvalue weighted by molar-refractivity contribution is -0.135. The normalized spacial score (nSPS) is 16.1. The van der Waals surface area contributed by atoms with Crippen molar-refractivity contribution in [3.63, 3.8) is 0 Å². The average Bonchev–Trinajstić information content (AvgIpc) is 3.34. The van der Waals surface area contributed by atoms with Crippen LogP contribution in [0, 0.1) is 5.92 Å². The third-order valence-electron chi connectivity index (χ3n) is 6.74. The first-order chi connectivity index (χ1) is 16.8. The van der Waals surface area contributed by atoms with E-state index in [-0.39, 0.29) is 24.5 Å². The van der Waals surface area contributed by atoms with Crippen molar-refractivity contribution in [2.45, 2.75) is 65.8 Å². The van der Waals surface area contributed by atoms with Crippen LogP contribution in [0.3, 0.4) is 0 Å². The Kier molecular flexibility index (Phi) is 10.0. The summed E-state index contributed by atoms with van der Waals surface area (Å²) >= 11 is 1.74. The van der Waals surface area contributed by atoms with Crippen molar-refractivity contribution in [2.24, 2.45) is 5.92 Å². The fourth-order valence-electron chi connectivity index (χ4n) is 4.32. The summed E-state index contributed by atoms with van der Waals surface area (Å²) in [5.74, 6) is 1.58. The number of urea groups is 1. The summed E-state index contributed by atoms with van der Waals surface area (Å²) in [6.07, 6.45) is 2.66. The minimum absolute atomic E-state index is 0.0273. The topological polar surface area (TPSA) is 61.9 Å². The van der Waals surface area contributed by atoms with Gasteiger partial charge >= 0.3 is 6.03 Å². The van der Waals surface area contributed by atoms with Crippen molar-refractivity contribution in [2.75, 3.05) is 32.8 Å². The maximum atomic E-state index is 13.6. The highest BCUT2D eigenvalue weighted by molar-refractivity contribution is 7.10. The Morgan fingerprint density at radius 2 is 1.91 bits per heavy atom. The second kappa shape index (κ2) is 13.0. The Morgan fingerprint density at radius 3 is 2.57 bits per heavy atom. The van der Waals surface area contributed by atoms with Crippen LogP contribution in [0.5, 0.6) is 5.75 Å². The first-order valence-electron chi connectivity index (χ1n) is 12.9. The maximum absolute atomic E-state index is 13.6. The zero-order valence-electron chi connectivity index (χ0n) is 21.9. The Hall–Kier alpha value is -2.54. The zero-order valence-corrected chi connectivity index (χ0v) is 22.7. The van der Waals surface area contributed by atoms with Crippen LogP contribution < -0.4 is 10.1 Å². The molecule has 6 nitrogen and oxygen atoms in total. The first-order valence-corrected chi connectivity index (χ1v) is 13.8. The molecule has 0 bridgehead atoms. The predicted octanol–water partition coefficient (Wildman–Crippen LogP) is 5.84. The van der Waals surface area contributed by atoms with Crippen molar-refractivity contribution in [1.82, 2.24) is 15.1 Å². The molecule has 192 valence electrons. The summed E-state index contributed by atoms with van der Waals surface area (Å²) in [4.78, 5) is 31.3. The fraction of sp³-hybridized carbons (Fsp3) is 0.571. The van der Waals surface area contributed by atoms with E-state index >= 15 is 0 Å². The van der Waals surface area contributed by atoms with Gasteiger partial charge in [0.15, 0.2) is 0 Å². The van der Waals surface area contributed by atoms with E-state index < -0.39 is 0 Å². The van der Waals surface area contributed by atoms with Crippen LogP contribution in [0.2, 0.25) is 0 Å². The molecule has 2 heterocycles. The summed E-state index contributed by atoms with van der Waals surface area (Å²) < 4.78 is 6.19. The van der Waals surface area contributed by atoms with Crippen LogP contribution in [0.15, 0.2) is 35.7 Å². The number of hydrogen-bond acceptors (Lipinski definition) is 4. The molecule has 3 amide bonds. The molecule has 2 aromatic rings. The number of nitrogens with zero attached hydrogens (tertiary/aromatic N) is 2. The van der Waals surface area contributed by atoms with E-state index in [1.165, 1.54) is 10.4 Å². The van der Waals surface area contributed by atoms with Crippen molar-refractivity contribution in [3.8, 4) is 5.75 Å². The summed E-state index contributed by atoms with van der Waals surface area (Å²) in [5, 5.41) is 5.04. The molecule has 2 atom stereocenters. The summed E-state index contributed by atoms with van der Waals surface area (Å²) in [7, 11) is 0. The van der Waals surface area contributed by atoms with Gasteiger partial charge in [-0.1, -0.05) is 53.2 Å². The summed E-state index contributed by atoms with van der Waals surface area (Å²) in [6.45, 7) is 12.9. The number of ether oxygens (including phenoxy) is 1. The monoisotopic (exact) mass is 499 g/mol. The van der Waals surface area contributed by atoms with Gasteiger partial charge in [0.05, 0.1) is 6.04 Å². The molecule has 0 spiro atoms. The number of carbonyl (C=O) groups excluding carboxylic acids is 2. The Morgan fingerprint density at radius 1 is 1.17 bits per heavy atom. The van der Waals surface area contributed by atoms with E-state index in [1.807, 2.05) is 24.0 Å². The molecule has 0 radical (unpaired) electrons. The minimum Gasteiger partial charge on any atom is -0.491 e. The van der Waals surface area contributed by atoms with Gasteiger partial charge in [0.2, 0.25) is 5.91 Å². The molecule has 7 heteroatoms. The lowest BCUT2D eigenvalue weighted by atomic mass is 10.00. The van der Waals surface area contributed by atoms with E-state index in [0.29, 0.717) is 38.1 Å². The molecule has 1 aromatic heterocycles. The summed E-state index contributed by atoms with van der Waals surface area (Å²) in [5.41, 5.74) is 2.44. The number of fused-ring (bicyclic) bond motifs is 1. The highest BCUT2D eigenvalue weighted by Gasteiger charge is 2.33. The van der Waals surface area contributed by atoms with E-state index in [2.05, 4.69) is 56.6 Å². The Labute approximate surface area is 214 Å². The second-order valence-corrected chi connectivity index (χ2v) is 10.8. The van der Waals surface area contributed by atoms with Gasteiger partial charge in [-0.05, 0) is 59.4 Å². The maximum Gasteiger partial charge on any atom is 0.317 e. The minimum atomic E-state index is -0.161. The van der Waals surface area contributed by atoms with Gasteiger partial charge in [-0.15, -0.1) is 11.3 Å². The molecule has 35 heavy (non-hydrogen) atoms. The molecule has 0 fully saturated rings. The average molecular weight is 500 g/mol. The lowest BCUT2D eigenvalue weighted by Crippen LogP contribution is -2.50. The smallest absolute Gasteiger partial charge is 0.317 e. The number of carbonyl (C=O) groups is 2. The number of hydrogen-bond donors (Lipinski definition) is 1. The van der Waals surface area contributed by atoms with Crippen molar-refractivity contribution in [3.05, 3.63) is 51.7 Å². The number of rotatable bonds is 11. The highest BCUT2D eigenvalue weighted by Crippen LogP contribution is 2.34. The molecule has 0 saturated heterocycles. The van der Waals surface area contributed by atoms with E-state index in [0.717, 1.165) is 30.6 Å². The molecule has 1 aromatic carbocycles. The van der Waals surface area contributed by atoms with Crippen molar-refractivity contribution >= 4 is 23.3 Å². The first kappa shape index (κ1) is 27.1. The Bertz CT molecular complexity index is 957. The Balaban J connectivity index is 1.74. The standard InChI is InChI=1S/C28H41N3O3S/c1-6-14-29-28(33)30(17-21(5)7-2)18-27(32)31-15-12-26-24(13-16-35-26)25(31)19-34-23-10-8-22(9-11-23)20(3)4/h8-11,13,16,20-21,25H,6-7,12,14-15,17-19H2,1-5H3,(H,29,33). The molecule has 1 aliphatic rings. The van der Waals surface area contributed by atoms with E-state index in [9.17, 15) is 9.59 Å². The van der Waals surface area contributed by atoms with E-state index in [4.69, 9.17) is 4.74 Å². The molecule has 0 saturated carbocycles. The van der Waals surface area contributed by atoms with Gasteiger partial charge in [0, 0.05) is 24.5 Å². The van der Waals surface area contributed by atoms with Crippen LogP contribution in [-0.2, 0) is 11.2 Å². The second-order valence-electron chi connectivity index (χ2n) is 9.81. The largest absolute Gasteiger partial charge is 0.491 e. The predicted molar refractivity (Wildman–Crippen MR) is 143 cm³/mol. The number of nitrogens with one attached hydrogen (secondary N) is 1. The number of thiophene rings is 1. The van der Waals surface area contributed by atoms with Gasteiger partial charge in [0.1, 0.15) is 18.9 Å². The van der Waals surface area contributed by atoms with Crippen LogP contribution in [0.1, 0.15) is 75.4 Å². The van der Waals surface area contributed by atoms with Crippen LogP contribution >= 0.6 is 11.3 Å². The van der Waals surface area contributed by atoms with Gasteiger partial charge in [-0.3, -0.25) is 4.79 Å². The van der Waals surface area contributed by atoms with E-state index in [1.54, 1.807) is 16.2 Å². The third kappa shape index (κ3) is 7.23. The molecular weight excluding hydrogens is 458 g/mol. The molecule has 1 N–H and O–H groups in total. The lowest BCUT2D eigenvalue weighted by Gasteiger charge is -2.37. The molecule has 0 aliphatic carbocycles. The molecule has 3 rings (SSSR count). The van der Waals surface area contributed by atoms with Gasteiger partial charge < -0.3 is 19.9 Å². The van der Waals surface area contributed by atoms with Crippen molar-refractivity contribution < 1.29 is 14.3 Å². The SMILES string of the molecule is CCCNC(=O)N(CC(=O)N1CCc2sccc2C1COc1ccc(C(C)C)cc1)CC(C)CC. The fourth-order valence-corrected chi connectivity index (χ4v) is 5.25. The van der Waals surface area contributed by atoms with Gasteiger partial charge in [-0.25, -0.2) is 4.79 Å².